The summed E-state index contributed by atoms with van der Waals surface area (Å²) >= 11 is 0. The molecule has 0 fully saturated rings. The van der Waals surface area contributed by atoms with Crippen molar-refractivity contribution < 1.29 is 33.1 Å². The highest BCUT2D eigenvalue weighted by Gasteiger charge is 2.36. The Morgan fingerprint density at radius 3 is 1.62 bits per heavy atom. The summed E-state index contributed by atoms with van der Waals surface area (Å²) in [5, 5.41) is 15.6. The Labute approximate surface area is 126 Å². The first-order valence-electron chi connectivity index (χ1n) is 6.17. The summed E-state index contributed by atoms with van der Waals surface area (Å²) in [6, 6.07) is 0.870. The molecular weight excluding hydrogens is 298 g/mol. The summed E-state index contributed by atoms with van der Waals surface area (Å²) in [5.74, 6) is -2.51. The summed E-state index contributed by atoms with van der Waals surface area (Å²) in [6.07, 6.45) is 2.15. The van der Waals surface area contributed by atoms with Crippen LogP contribution in [0.2, 0.25) is 6.04 Å². The lowest BCUT2D eigenvalue weighted by molar-refractivity contribution is -0.134. The summed E-state index contributed by atoms with van der Waals surface area (Å²) in [4.78, 5) is 21.2. The normalized spacial score (nSPS) is 11.3. The Balaban J connectivity index is 0. The molecule has 0 saturated carbocycles. The molecule has 0 aliphatic heterocycles. The summed E-state index contributed by atoms with van der Waals surface area (Å²) in [6.45, 7) is 1.03. The van der Waals surface area contributed by atoms with E-state index in [1.807, 2.05) is 0 Å². The van der Waals surface area contributed by atoms with Gasteiger partial charge in [-0.25, -0.2) is 9.59 Å². The molecular formula is C12H25NO7Si. The van der Waals surface area contributed by atoms with E-state index in [1.54, 1.807) is 21.3 Å². The van der Waals surface area contributed by atoms with Crippen LogP contribution in [0.4, 0.5) is 0 Å². The monoisotopic (exact) mass is 323 g/mol. The molecule has 124 valence electrons. The Bertz CT molecular complexity index is 305. The number of hydrogen-bond acceptors (Lipinski definition) is 6. The van der Waals surface area contributed by atoms with Gasteiger partial charge >= 0.3 is 20.7 Å². The smallest absolute Gasteiger partial charge is 0.478 e. The van der Waals surface area contributed by atoms with Gasteiger partial charge in [-0.15, -0.1) is 0 Å². The zero-order chi connectivity index (χ0) is 16.9. The molecule has 0 spiro atoms. The van der Waals surface area contributed by atoms with Gasteiger partial charge in [-0.1, -0.05) is 0 Å². The van der Waals surface area contributed by atoms with Crippen molar-refractivity contribution in [3.63, 3.8) is 0 Å². The molecule has 8 nitrogen and oxygen atoms in total. The van der Waals surface area contributed by atoms with Crippen LogP contribution >= 0.6 is 0 Å². The average molecular weight is 323 g/mol. The minimum Gasteiger partial charge on any atom is -0.478 e. The molecule has 0 aromatic rings. The Hall–Kier alpha value is -1.26. The predicted octanol–water partition coefficient (Wildman–Crippen LogP) is 0.528. The maximum atomic E-state index is 9.55. The maximum Gasteiger partial charge on any atom is 0.500 e. The van der Waals surface area contributed by atoms with Gasteiger partial charge in [0, 0.05) is 39.5 Å². The van der Waals surface area contributed by atoms with E-state index < -0.39 is 20.7 Å². The van der Waals surface area contributed by atoms with Crippen LogP contribution in [0.25, 0.3) is 0 Å². The first-order chi connectivity index (χ1) is 9.72. The van der Waals surface area contributed by atoms with Crippen molar-refractivity contribution in [3.05, 3.63) is 12.2 Å². The molecule has 0 rings (SSSR count). The molecule has 0 bridgehead atoms. The molecule has 0 amide bonds. The Morgan fingerprint density at radius 2 is 1.38 bits per heavy atom. The Morgan fingerprint density at radius 1 is 1.00 bits per heavy atom. The highest BCUT2D eigenvalue weighted by atomic mass is 28.4. The van der Waals surface area contributed by atoms with Gasteiger partial charge in [0.15, 0.2) is 0 Å². The van der Waals surface area contributed by atoms with E-state index in [2.05, 4.69) is 19.0 Å². The molecule has 0 unspecified atom stereocenters. The minimum absolute atomic E-state index is 0.558. The van der Waals surface area contributed by atoms with Gasteiger partial charge in [0.2, 0.25) is 0 Å². The number of hydrogen-bond donors (Lipinski definition) is 2. The van der Waals surface area contributed by atoms with Crippen molar-refractivity contribution in [1.29, 1.82) is 0 Å². The third-order valence-electron chi connectivity index (χ3n) is 2.39. The van der Waals surface area contributed by atoms with Crippen LogP contribution in [-0.2, 0) is 22.9 Å². The molecule has 0 atom stereocenters. The zero-order valence-corrected chi connectivity index (χ0v) is 14.2. The number of carboxylic acids is 2. The standard InChI is InChI=1S/C8H21NO3Si.C4H4O4/c1-9(2)7-6-8-13(10-3,11-4)12-5;5-3(6)1-2-4(7)8/h6-8H2,1-5H3;1-2H,(H,5,6)(H,7,8)/b;2-1-. The third-order valence-corrected chi connectivity index (χ3v) is 5.22. The minimum atomic E-state index is -2.31. The number of carbonyl (C=O) groups is 2. The van der Waals surface area contributed by atoms with Gasteiger partial charge in [-0.05, 0) is 27.1 Å². The molecule has 0 aromatic carbocycles. The van der Waals surface area contributed by atoms with Crippen LogP contribution in [-0.4, -0.2) is 77.8 Å². The molecule has 0 heterocycles. The van der Waals surface area contributed by atoms with E-state index in [9.17, 15) is 9.59 Å². The lowest BCUT2D eigenvalue weighted by atomic mass is 10.5. The van der Waals surface area contributed by atoms with Crippen LogP contribution < -0.4 is 0 Å². The Kier molecular flexibility index (Phi) is 13.1. The van der Waals surface area contributed by atoms with Crippen molar-refractivity contribution in [1.82, 2.24) is 4.90 Å². The van der Waals surface area contributed by atoms with E-state index in [1.165, 1.54) is 0 Å². The fourth-order valence-corrected chi connectivity index (χ4v) is 3.01. The zero-order valence-electron chi connectivity index (χ0n) is 13.2. The molecule has 9 heteroatoms. The number of rotatable bonds is 9. The number of aliphatic carboxylic acids is 2. The van der Waals surface area contributed by atoms with E-state index >= 15 is 0 Å². The van der Waals surface area contributed by atoms with Crippen molar-refractivity contribution >= 4 is 20.7 Å². The SMILES string of the molecule is CO[Si](CCCN(C)C)(OC)OC.O=C(O)/C=C\C(=O)O. The van der Waals surface area contributed by atoms with Crippen LogP contribution in [0.5, 0.6) is 0 Å². The fraction of sp³-hybridized carbons (Fsp3) is 0.667. The van der Waals surface area contributed by atoms with Crippen LogP contribution in [0.3, 0.4) is 0 Å². The number of carboxylic acid groups (broad SMARTS) is 2. The first kappa shape index (κ1) is 22.0. The summed E-state index contributed by atoms with van der Waals surface area (Å²) in [5.41, 5.74) is 0. The van der Waals surface area contributed by atoms with Crippen molar-refractivity contribution in [2.45, 2.75) is 12.5 Å². The lowest BCUT2D eigenvalue weighted by Crippen LogP contribution is -2.43. The molecule has 2 N–H and O–H groups in total. The third kappa shape index (κ3) is 13.5. The molecule has 0 saturated heterocycles. The second kappa shape index (κ2) is 12.5. The average Bonchev–Trinajstić information content (AvgIpc) is 2.42. The van der Waals surface area contributed by atoms with Crippen molar-refractivity contribution in [2.24, 2.45) is 0 Å². The van der Waals surface area contributed by atoms with Crippen molar-refractivity contribution in [2.75, 3.05) is 42.0 Å². The van der Waals surface area contributed by atoms with E-state index in [0.29, 0.717) is 12.2 Å². The van der Waals surface area contributed by atoms with Gasteiger partial charge in [-0.2, -0.15) is 0 Å². The van der Waals surface area contributed by atoms with Crippen LogP contribution in [0, 0.1) is 0 Å². The van der Waals surface area contributed by atoms with E-state index in [-0.39, 0.29) is 0 Å². The maximum absolute atomic E-state index is 9.55. The fourth-order valence-electron chi connectivity index (χ4n) is 1.31. The van der Waals surface area contributed by atoms with E-state index in [0.717, 1.165) is 19.0 Å². The molecule has 0 aliphatic rings. The molecule has 0 radical (unpaired) electrons. The van der Waals surface area contributed by atoms with Gasteiger partial charge in [-0.3, -0.25) is 0 Å². The van der Waals surface area contributed by atoms with Crippen LogP contribution in [0.15, 0.2) is 12.2 Å². The summed E-state index contributed by atoms with van der Waals surface area (Å²) < 4.78 is 15.9. The lowest BCUT2D eigenvalue weighted by Gasteiger charge is -2.24. The quantitative estimate of drug-likeness (QED) is 0.467. The van der Waals surface area contributed by atoms with Gasteiger partial charge in [0.1, 0.15) is 0 Å². The molecule has 21 heavy (non-hydrogen) atoms. The van der Waals surface area contributed by atoms with Gasteiger partial charge < -0.3 is 28.4 Å². The largest absolute Gasteiger partial charge is 0.500 e. The van der Waals surface area contributed by atoms with Gasteiger partial charge in [0.05, 0.1) is 0 Å². The second-order valence-electron chi connectivity index (χ2n) is 4.21. The molecule has 0 aromatic heterocycles. The number of nitrogens with zero attached hydrogens (tertiary/aromatic N) is 1. The van der Waals surface area contributed by atoms with Crippen LogP contribution in [0.1, 0.15) is 6.42 Å². The highest BCUT2D eigenvalue weighted by molar-refractivity contribution is 6.60. The first-order valence-corrected chi connectivity index (χ1v) is 8.10. The predicted molar refractivity (Wildman–Crippen MR) is 79.2 cm³/mol. The topological polar surface area (TPSA) is 106 Å². The van der Waals surface area contributed by atoms with E-state index in [4.69, 9.17) is 23.5 Å². The molecule has 0 aliphatic carbocycles. The highest BCUT2D eigenvalue weighted by Crippen LogP contribution is 2.14. The van der Waals surface area contributed by atoms with Crippen molar-refractivity contribution in [3.8, 4) is 0 Å². The summed E-state index contributed by atoms with van der Waals surface area (Å²) in [7, 11) is 6.73. The second-order valence-corrected chi connectivity index (χ2v) is 7.30. The van der Waals surface area contributed by atoms with Gasteiger partial charge in [0.25, 0.3) is 0 Å².